The Morgan fingerprint density at radius 3 is 2.33 bits per heavy atom. The number of carboxylic acid groups (broad SMARTS) is 1. The van der Waals surface area contributed by atoms with Gasteiger partial charge in [0, 0.05) is 43.5 Å². The van der Waals surface area contributed by atoms with Crippen LogP contribution in [0.4, 0.5) is 36.8 Å². The third-order valence-corrected chi connectivity index (χ3v) is 10.8. The van der Waals surface area contributed by atoms with Gasteiger partial charge in [0.05, 0.1) is 24.1 Å². The zero-order chi connectivity index (χ0) is 34.4. The van der Waals surface area contributed by atoms with E-state index in [2.05, 4.69) is 10.2 Å². The van der Waals surface area contributed by atoms with Crippen LogP contribution in [0.2, 0.25) is 0 Å². The molecule has 0 radical (unpaired) electrons. The lowest BCUT2D eigenvalue weighted by Crippen LogP contribution is -2.68. The fourth-order valence-corrected chi connectivity index (χ4v) is 8.55. The van der Waals surface area contributed by atoms with Gasteiger partial charge in [-0.3, -0.25) is 14.6 Å². The smallest absolute Gasteiger partial charge is 0.416 e. The van der Waals surface area contributed by atoms with Crippen molar-refractivity contribution in [2.45, 2.75) is 75.4 Å². The average Bonchev–Trinajstić information content (AvgIpc) is 3.52. The van der Waals surface area contributed by atoms with E-state index in [-0.39, 0.29) is 48.3 Å². The van der Waals surface area contributed by atoms with Crippen LogP contribution >= 0.6 is 0 Å². The Balaban J connectivity index is 1.20. The van der Waals surface area contributed by atoms with Crippen molar-refractivity contribution in [1.29, 1.82) is 0 Å². The molecule has 0 unspecified atom stereocenters. The third-order valence-electron chi connectivity index (χ3n) is 10.8. The highest BCUT2D eigenvalue weighted by Crippen LogP contribution is 2.62. The van der Waals surface area contributed by atoms with Crippen LogP contribution in [-0.4, -0.2) is 73.0 Å². The van der Waals surface area contributed by atoms with E-state index < -0.39 is 47.4 Å². The summed E-state index contributed by atoms with van der Waals surface area (Å²) in [6.07, 6.45) is -5.76. The van der Waals surface area contributed by atoms with E-state index in [0.29, 0.717) is 37.2 Å². The molecule has 0 atom stereocenters. The molecule has 2 amide bonds. The van der Waals surface area contributed by atoms with Crippen LogP contribution in [-0.2, 0) is 31.7 Å². The first-order chi connectivity index (χ1) is 22.4. The number of amides is 2. The summed E-state index contributed by atoms with van der Waals surface area (Å²) in [6, 6.07) is 9.25. The molecule has 7 rings (SSSR count). The van der Waals surface area contributed by atoms with E-state index in [1.807, 2.05) is 6.07 Å². The van der Waals surface area contributed by atoms with Crippen molar-refractivity contribution < 1.29 is 41.0 Å². The molecule has 2 aliphatic heterocycles. The van der Waals surface area contributed by atoms with Crippen LogP contribution < -0.4 is 4.90 Å². The van der Waals surface area contributed by atoms with Gasteiger partial charge in [-0.25, -0.2) is 4.79 Å². The minimum absolute atomic E-state index is 0.0848. The Labute approximate surface area is 272 Å². The number of aromatic nitrogens is 3. The van der Waals surface area contributed by atoms with Gasteiger partial charge in [0.15, 0.2) is 0 Å². The minimum atomic E-state index is -4.79. The lowest BCUT2D eigenvalue weighted by atomic mass is 9.47. The van der Waals surface area contributed by atoms with Crippen LogP contribution in [0, 0.1) is 5.41 Å². The highest BCUT2D eigenvalue weighted by atomic mass is 19.4. The zero-order valence-corrected chi connectivity index (χ0v) is 26.3. The van der Waals surface area contributed by atoms with Crippen molar-refractivity contribution in [2.75, 3.05) is 24.5 Å². The molecule has 48 heavy (non-hydrogen) atoms. The van der Waals surface area contributed by atoms with Crippen LogP contribution in [0.3, 0.4) is 0 Å². The maximum atomic E-state index is 14.4. The van der Waals surface area contributed by atoms with Crippen LogP contribution in [0.5, 0.6) is 0 Å². The summed E-state index contributed by atoms with van der Waals surface area (Å²) in [5, 5.41) is 18.3. The molecule has 4 aliphatic rings. The summed E-state index contributed by atoms with van der Waals surface area (Å²) in [6.45, 7) is 0.741. The summed E-state index contributed by atoms with van der Waals surface area (Å²) < 4.78 is 84.1. The molecule has 3 aromatic rings. The van der Waals surface area contributed by atoms with E-state index in [1.165, 1.54) is 22.2 Å². The van der Waals surface area contributed by atoms with E-state index >= 15 is 0 Å². The molecule has 2 saturated carbocycles. The normalized spacial score (nSPS) is 21.0. The number of anilines is 1. The molecule has 1 spiro atoms. The van der Waals surface area contributed by atoms with E-state index in [0.717, 1.165) is 23.0 Å². The Kier molecular flexibility index (Phi) is 7.21. The maximum Gasteiger partial charge on any atom is 0.416 e. The fraction of sp³-hybridized carbons (Fsp3) is 0.515. The fourth-order valence-electron chi connectivity index (χ4n) is 8.55. The lowest BCUT2D eigenvalue weighted by molar-refractivity contribution is -0.187. The second kappa shape index (κ2) is 10.7. The van der Waals surface area contributed by atoms with E-state index in [1.54, 1.807) is 36.7 Å². The largest absolute Gasteiger partial charge is 0.465 e. The Morgan fingerprint density at radius 2 is 1.77 bits per heavy atom. The number of aryl methyl sites for hydroxylation is 1. The van der Waals surface area contributed by atoms with Crippen LogP contribution in [0.25, 0.3) is 0 Å². The van der Waals surface area contributed by atoms with Crippen molar-refractivity contribution in [3.8, 4) is 0 Å². The monoisotopic (exact) mass is 676 g/mol. The van der Waals surface area contributed by atoms with Gasteiger partial charge in [0.25, 0.3) is 5.91 Å². The number of hydrogen-bond donors (Lipinski definition) is 1. The minimum Gasteiger partial charge on any atom is -0.465 e. The third kappa shape index (κ3) is 5.30. The highest BCUT2D eigenvalue weighted by molar-refractivity contribution is 6.10. The number of carbonyl (C=O) groups is 2. The summed E-state index contributed by atoms with van der Waals surface area (Å²) in [5.41, 5.74) is -1.83. The van der Waals surface area contributed by atoms with Gasteiger partial charge in [-0.1, -0.05) is 12.1 Å². The quantitative estimate of drug-likeness (QED) is 0.293. The standard InChI is InChI=1S/C33H34F6N6O3/c1-29(7-4-8-29)45(28(47)48)12-20-9-23-24(25(10-20)33(37,38)39)13-44(26(23)46)22-6-3-5-21(11-22)31(27-41-40-19-42(27)2)14-30(15-31)16-43(17-30)18-32(34,35)36/h3,5-6,9-11,19H,4,7-8,12-18H2,1-2H3,(H,47,48). The van der Waals surface area contributed by atoms with Gasteiger partial charge in [-0.2, -0.15) is 26.3 Å². The van der Waals surface area contributed by atoms with Crippen LogP contribution in [0.1, 0.15) is 77.5 Å². The molecule has 2 aliphatic carbocycles. The highest BCUT2D eigenvalue weighted by Gasteiger charge is 2.63. The second-order valence-corrected chi connectivity index (χ2v) is 14.3. The van der Waals surface area contributed by atoms with Crippen LogP contribution in [0.15, 0.2) is 42.7 Å². The van der Waals surface area contributed by atoms with Gasteiger partial charge >= 0.3 is 18.4 Å². The molecular formula is C33H34F6N6O3. The number of likely N-dealkylation sites (tertiary alicyclic amines) is 1. The van der Waals surface area contributed by atoms with Gasteiger partial charge in [-0.05, 0) is 85.4 Å². The SMILES string of the molecule is Cn1cnnc1C1(c2cccc(N3Cc4c(cc(CN(C(=O)O)C5(C)CCC5)cc4C(F)(F)F)C3=O)c2)CC2(CN(CC(F)(F)F)C2)C1. The molecule has 1 saturated heterocycles. The summed E-state index contributed by atoms with van der Waals surface area (Å²) in [7, 11) is 1.77. The number of alkyl halides is 6. The van der Waals surface area contributed by atoms with Crippen molar-refractivity contribution in [2.24, 2.45) is 12.5 Å². The molecule has 15 heteroatoms. The summed E-state index contributed by atoms with van der Waals surface area (Å²) >= 11 is 0. The number of halogens is 6. The topological polar surface area (TPSA) is 94.8 Å². The Hall–Kier alpha value is -4.14. The predicted molar refractivity (Wildman–Crippen MR) is 160 cm³/mol. The number of rotatable bonds is 7. The molecule has 9 nitrogen and oxygen atoms in total. The predicted octanol–water partition coefficient (Wildman–Crippen LogP) is 6.36. The van der Waals surface area contributed by atoms with Crippen molar-refractivity contribution in [3.63, 3.8) is 0 Å². The number of carbonyl (C=O) groups excluding carboxylic acids is 1. The Morgan fingerprint density at radius 1 is 1.06 bits per heavy atom. The summed E-state index contributed by atoms with van der Waals surface area (Å²) in [5.74, 6) is -0.0199. The first-order valence-corrected chi connectivity index (χ1v) is 15.7. The molecule has 2 aromatic carbocycles. The molecular weight excluding hydrogens is 642 g/mol. The van der Waals surface area contributed by atoms with Crippen molar-refractivity contribution >= 4 is 17.7 Å². The number of benzene rings is 2. The van der Waals surface area contributed by atoms with Gasteiger partial charge in [0.1, 0.15) is 12.2 Å². The average molecular weight is 677 g/mol. The molecule has 1 N–H and O–H groups in total. The second-order valence-electron chi connectivity index (χ2n) is 14.3. The molecule has 256 valence electrons. The van der Waals surface area contributed by atoms with Gasteiger partial charge in [-0.15, -0.1) is 10.2 Å². The van der Waals surface area contributed by atoms with Gasteiger partial charge < -0.3 is 14.6 Å². The lowest BCUT2D eigenvalue weighted by Gasteiger charge is -2.64. The Bertz CT molecular complexity index is 1780. The molecule has 0 bridgehead atoms. The van der Waals surface area contributed by atoms with Gasteiger partial charge in [0.2, 0.25) is 0 Å². The van der Waals surface area contributed by atoms with Crippen molar-refractivity contribution in [1.82, 2.24) is 24.6 Å². The number of fused-ring (bicyclic) bond motifs is 1. The first kappa shape index (κ1) is 32.4. The number of hydrogen-bond acceptors (Lipinski definition) is 5. The first-order valence-electron chi connectivity index (χ1n) is 15.7. The van der Waals surface area contributed by atoms with E-state index in [9.17, 15) is 41.0 Å². The zero-order valence-electron chi connectivity index (χ0n) is 26.3. The molecule has 3 fully saturated rings. The molecule has 1 aromatic heterocycles. The van der Waals surface area contributed by atoms with Crippen molar-refractivity contribution in [3.05, 3.63) is 76.4 Å². The van der Waals surface area contributed by atoms with E-state index in [4.69, 9.17) is 0 Å². The summed E-state index contributed by atoms with van der Waals surface area (Å²) in [4.78, 5) is 29.8. The maximum absolute atomic E-state index is 14.4. The number of nitrogens with zero attached hydrogens (tertiary/aromatic N) is 6. The molecule has 3 heterocycles.